The van der Waals surface area contributed by atoms with Crippen LogP contribution in [-0.2, 0) is 28.6 Å². The van der Waals surface area contributed by atoms with Crippen LogP contribution in [0.2, 0.25) is 0 Å². The normalized spacial score (nSPS) is 18.1. The molecule has 0 bridgehead atoms. The van der Waals surface area contributed by atoms with Gasteiger partial charge in [-0.25, -0.2) is 15.0 Å². The molecule has 3 fully saturated rings. The van der Waals surface area contributed by atoms with Crippen molar-refractivity contribution in [1.82, 2.24) is 44.4 Å². The molecule has 4 aliphatic rings. The zero-order valence-electron chi connectivity index (χ0n) is 37.0. The van der Waals surface area contributed by atoms with Crippen molar-refractivity contribution >= 4 is 63.9 Å². The van der Waals surface area contributed by atoms with Crippen molar-refractivity contribution < 1.29 is 38.2 Å². The van der Waals surface area contributed by atoms with E-state index in [4.69, 9.17) is 24.9 Å². The number of aromatic nitrogens is 5. The number of ether oxygens (including phenoxy) is 3. The van der Waals surface area contributed by atoms with Crippen LogP contribution in [0.15, 0.2) is 73.4 Å². The number of carbonyl (C=O) groups is 5. The van der Waals surface area contributed by atoms with Gasteiger partial charge in [0.1, 0.15) is 29.9 Å². The number of amides is 5. The van der Waals surface area contributed by atoms with Crippen LogP contribution >= 0.6 is 0 Å². The minimum Gasteiger partial charge on any atom is -0.382 e. The molecule has 0 saturated carbocycles. The van der Waals surface area contributed by atoms with Crippen LogP contribution in [0.5, 0.6) is 0 Å². The summed E-state index contributed by atoms with van der Waals surface area (Å²) in [6.07, 6.45) is 10.6. The van der Waals surface area contributed by atoms with E-state index in [-0.39, 0.29) is 43.1 Å². The Balaban J connectivity index is 0.620. The van der Waals surface area contributed by atoms with Gasteiger partial charge in [0.2, 0.25) is 17.7 Å². The smallest absolute Gasteiger partial charge is 0.264 e. The third-order valence-electron chi connectivity index (χ3n) is 12.4. The third-order valence-corrected chi connectivity index (χ3v) is 12.4. The molecule has 5 aromatic rings. The molecule has 9 rings (SSSR count). The molecule has 67 heavy (non-hydrogen) atoms. The summed E-state index contributed by atoms with van der Waals surface area (Å²) in [5, 5.41) is 8.77. The summed E-state index contributed by atoms with van der Waals surface area (Å²) in [5.41, 5.74) is 10.7. The first kappa shape index (κ1) is 45.1. The topological polar surface area (TPSA) is 244 Å². The molecule has 0 spiro atoms. The number of nitrogens with one attached hydrogen (secondary N) is 3. The molecule has 1 unspecified atom stereocenters. The second-order valence-electron chi connectivity index (χ2n) is 16.6. The molecule has 0 radical (unpaired) electrons. The summed E-state index contributed by atoms with van der Waals surface area (Å²) in [6, 6.07) is 12.7. The van der Waals surface area contributed by atoms with E-state index in [0.717, 1.165) is 55.3 Å². The van der Waals surface area contributed by atoms with Gasteiger partial charge in [-0.2, -0.15) is 0 Å². The van der Waals surface area contributed by atoms with Crippen LogP contribution in [-0.4, -0.2) is 166 Å². The Morgan fingerprint density at radius 2 is 1.58 bits per heavy atom. The summed E-state index contributed by atoms with van der Waals surface area (Å²) in [7, 11) is 0. The first-order valence-electron chi connectivity index (χ1n) is 22.6. The number of nitrogen functional groups attached to an aromatic ring is 1. The van der Waals surface area contributed by atoms with Crippen molar-refractivity contribution in [3.05, 3.63) is 84.6 Å². The maximum Gasteiger partial charge on any atom is 0.264 e. The lowest BCUT2D eigenvalue weighted by Gasteiger charge is -2.43. The summed E-state index contributed by atoms with van der Waals surface area (Å²) in [6.45, 7) is 7.15. The van der Waals surface area contributed by atoms with E-state index in [9.17, 15) is 24.0 Å². The summed E-state index contributed by atoms with van der Waals surface area (Å²) in [5.74, 6) is -1.29. The lowest BCUT2D eigenvalue weighted by Crippen LogP contribution is -2.54. The summed E-state index contributed by atoms with van der Waals surface area (Å²) in [4.78, 5) is 88.8. The minimum atomic E-state index is -1.02. The van der Waals surface area contributed by atoms with Gasteiger partial charge in [0, 0.05) is 93.9 Å². The Kier molecular flexibility index (Phi) is 13.9. The van der Waals surface area contributed by atoms with Crippen LogP contribution in [0.4, 0.5) is 28.7 Å². The first-order valence-corrected chi connectivity index (χ1v) is 22.6. The zero-order chi connectivity index (χ0) is 46.3. The number of imidazole rings is 1. The second-order valence-corrected chi connectivity index (χ2v) is 16.6. The number of anilines is 5. The van der Waals surface area contributed by atoms with Crippen molar-refractivity contribution in [1.29, 1.82) is 0 Å². The number of nitrogens with zero attached hydrogens (tertiary/aromatic N) is 9. The van der Waals surface area contributed by atoms with Crippen LogP contribution in [0, 0.1) is 0 Å². The van der Waals surface area contributed by atoms with E-state index in [0.29, 0.717) is 86.5 Å². The van der Waals surface area contributed by atoms with Crippen LogP contribution < -0.4 is 26.6 Å². The van der Waals surface area contributed by atoms with Gasteiger partial charge in [0.05, 0.1) is 56.6 Å². The number of piperazine rings is 1. The first-order chi connectivity index (χ1) is 32.7. The van der Waals surface area contributed by atoms with Crippen LogP contribution in [0.25, 0.3) is 17.0 Å². The highest BCUT2D eigenvalue weighted by molar-refractivity contribution is 6.25. The SMILES string of the molecule is Nc1cncc(-c2cn3ccnc3c(Nc3ccc(N4CCN(C5CCN(C(=O)COCCOCCOCCNc6cccc7c6C(=O)N(C6CCC(=O)NC6=O)C7=O)CC5)CC4)cc3)n2)n1. The molecule has 3 saturated heterocycles. The molecule has 0 aliphatic carbocycles. The molecule has 3 aromatic heterocycles. The van der Waals surface area contributed by atoms with Crippen LogP contribution in [0.3, 0.4) is 0 Å². The molecule has 5 amide bonds. The number of nitrogens with two attached hydrogens (primary N) is 1. The van der Waals surface area contributed by atoms with Gasteiger partial charge in [-0.1, -0.05) is 6.07 Å². The fourth-order valence-corrected chi connectivity index (χ4v) is 8.97. The Labute approximate surface area is 386 Å². The predicted octanol–water partition coefficient (Wildman–Crippen LogP) is 2.19. The molecule has 5 N–H and O–H groups in total. The maximum atomic E-state index is 13.3. The highest BCUT2D eigenvalue weighted by atomic mass is 16.5. The van der Waals surface area contributed by atoms with Crippen molar-refractivity contribution in [3.63, 3.8) is 0 Å². The number of carbonyl (C=O) groups excluding carboxylic acids is 5. The van der Waals surface area contributed by atoms with Gasteiger partial charge in [-0.15, -0.1) is 0 Å². The number of fused-ring (bicyclic) bond motifs is 2. The standard InChI is InChI=1S/C46H53N13O8/c47-38-27-48-26-35(52-38)36-28-58-16-12-50-43(58)42(53-36)51-30-4-6-31(7-5-30)55-17-19-56(20-18-55)32-10-14-57(15-11-32)40(61)29-67-25-24-66-23-22-65-21-13-49-34-3-1-2-33-41(34)46(64)59(45(33)63)37-8-9-39(60)54-44(37)62/h1-7,12,16,26-28,32,37,49H,8-11,13-15,17-25,29H2,(H2,47,52)(H,51,53)(H,54,60,62). The van der Waals surface area contributed by atoms with Crippen molar-refractivity contribution in [2.24, 2.45) is 0 Å². The average Bonchev–Trinajstić information content (AvgIpc) is 3.93. The molecule has 1 atom stereocenters. The van der Waals surface area contributed by atoms with E-state index in [1.165, 1.54) is 6.20 Å². The number of benzene rings is 2. The minimum absolute atomic E-state index is 0.00998. The Morgan fingerprint density at radius 3 is 2.34 bits per heavy atom. The van der Waals surface area contributed by atoms with E-state index in [1.54, 1.807) is 30.6 Å². The number of piperidine rings is 2. The molecule has 350 valence electrons. The molecular weight excluding hydrogens is 863 g/mol. The third kappa shape index (κ3) is 10.3. The zero-order valence-corrected chi connectivity index (χ0v) is 37.0. The fourth-order valence-electron chi connectivity index (χ4n) is 8.97. The second kappa shape index (κ2) is 20.6. The Hall–Kier alpha value is -7.07. The van der Waals surface area contributed by atoms with Gasteiger partial charge in [0.15, 0.2) is 11.5 Å². The number of hydrogen-bond donors (Lipinski definition) is 4. The molecular formula is C46H53N13O8. The van der Waals surface area contributed by atoms with Crippen molar-refractivity contribution in [2.75, 3.05) is 107 Å². The molecule has 4 aliphatic heterocycles. The maximum absolute atomic E-state index is 13.3. The number of likely N-dealkylation sites (tertiary alicyclic amines) is 1. The van der Waals surface area contributed by atoms with E-state index >= 15 is 0 Å². The number of rotatable bonds is 18. The van der Waals surface area contributed by atoms with Crippen molar-refractivity contribution in [3.8, 4) is 11.4 Å². The molecule has 21 heteroatoms. The molecule has 7 heterocycles. The predicted molar refractivity (Wildman–Crippen MR) is 246 cm³/mol. The molecule has 21 nitrogen and oxygen atoms in total. The van der Waals surface area contributed by atoms with E-state index < -0.39 is 29.7 Å². The largest absolute Gasteiger partial charge is 0.382 e. The monoisotopic (exact) mass is 915 g/mol. The number of imide groups is 2. The quantitative estimate of drug-likeness (QED) is 0.0727. The van der Waals surface area contributed by atoms with E-state index in [2.05, 4.69) is 65.0 Å². The summed E-state index contributed by atoms with van der Waals surface area (Å²) < 4.78 is 18.8. The highest BCUT2D eigenvalue weighted by Crippen LogP contribution is 2.33. The van der Waals surface area contributed by atoms with Gasteiger partial charge in [0.25, 0.3) is 11.8 Å². The van der Waals surface area contributed by atoms with E-state index in [1.807, 2.05) is 21.7 Å². The van der Waals surface area contributed by atoms with Gasteiger partial charge >= 0.3 is 0 Å². The summed E-state index contributed by atoms with van der Waals surface area (Å²) >= 11 is 0. The van der Waals surface area contributed by atoms with Gasteiger partial charge in [-0.3, -0.25) is 44.1 Å². The number of hydrogen-bond acceptors (Lipinski definition) is 17. The van der Waals surface area contributed by atoms with Crippen LogP contribution in [0.1, 0.15) is 46.4 Å². The lowest BCUT2D eigenvalue weighted by molar-refractivity contribution is -0.138. The lowest BCUT2D eigenvalue weighted by atomic mass is 10.0. The van der Waals surface area contributed by atoms with Crippen molar-refractivity contribution in [2.45, 2.75) is 37.8 Å². The fraction of sp³-hybridized carbons (Fsp3) is 0.413. The molecule has 2 aromatic carbocycles. The average molecular weight is 916 g/mol. The highest BCUT2D eigenvalue weighted by Gasteiger charge is 2.45. The van der Waals surface area contributed by atoms with Gasteiger partial charge in [-0.05, 0) is 55.7 Å². The Morgan fingerprint density at radius 1 is 0.821 bits per heavy atom. The van der Waals surface area contributed by atoms with Gasteiger partial charge < -0.3 is 44.8 Å². The Bertz CT molecular complexity index is 2610.